The Hall–Kier alpha value is -1.29. The van der Waals surface area contributed by atoms with Gasteiger partial charge in [-0.1, -0.05) is 12.1 Å². The molecule has 9 heteroatoms. The van der Waals surface area contributed by atoms with Crippen LogP contribution in [0.1, 0.15) is 24.9 Å². The van der Waals surface area contributed by atoms with Crippen molar-refractivity contribution in [2.24, 2.45) is 0 Å². The minimum atomic E-state index is -3.49. The van der Waals surface area contributed by atoms with Crippen LogP contribution in [0.4, 0.5) is 8.78 Å². The van der Waals surface area contributed by atoms with E-state index in [1.165, 1.54) is 13.2 Å². The molecule has 6 nitrogen and oxygen atoms in total. The molecule has 0 saturated carbocycles. The van der Waals surface area contributed by atoms with Crippen LogP contribution in [0.15, 0.2) is 24.3 Å². The molecule has 0 aliphatic rings. The van der Waals surface area contributed by atoms with Gasteiger partial charge in [0.15, 0.2) is 0 Å². The van der Waals surface area contributed by atoms with Crippen molar-refractivity contribution in [1.29, 1.82) is 0 Å². The van der Waals surface area contributed by atoms with E-state index in [9.17, 15) is 17.2 Å². The molecule has 138 valence electrons. The molecule has 0 amide bonds. The van der Waals surface area contributed by atoms with E-state index >= 15 is 0 Å². The van der Waals surface area contributed by atoms with Gasteiger partial charge >= 0.3 is 0 Å². The number of halogens is 2. The van der Waals surface area contributed by atoms with Crippen LogP contribution in [0.2, 0.25) is 0 Å². The summed E-state index contributed by atoms with van der Waals surface area (Å²) in [6.45, 7) is 1.37. The van der Waals surface area contributed by atoms with Crippen molar-refractivity contribution in [3.63, 3.8) is 0 Å². The SMILES string of the molecule is COCOCCCS(=O)(=O)N[C@H](C)c1cccc(OCC(F)F)c1. The monoisotopic (exact) mass is 367 g/mol. The van der Waals surface area contributed by atoms with Crippen molar-refractivity contribution in [2.75, 3.05) is 32.9 Å². The molecule has 1 aromatic rings. The molecule has 0 spiro atoms. The van der Waals surface area contributed by atoms with E-state index in [2.05, 4.69) is 4.72 Å². The second kappa shape index (κ2) is 10.5. The first kappa shape index (κ1) is 20.8. The van der Waals surface area contributed by atoms with Crippen molar-refractivity contribution in [2.45, 2.75) is 25.8 Å². The van der Waals surface area contributed by atoms with Crippen LogP contribution in [0, 0.1) is 0 Å². The zero-order chi connectivity index (χ0) is 18.0. The van der Waals surface area contributed by atoms with Crippen LogP contribution in [0.25, 0.3) is 0 Å². The Morgan fingerprint density at radius 2 is 2.04 bits per heavy atom. The Balaban J connectivity index is 2.53. The van der Waals surface area contributed by atoms with Crippen molar-refractivity contribution in [3.05, 3.63) is 29.8 Å². The van der Waals surface area contributed by atoms with E-state index in [0.29, 0.717) is 12.0 Å². The van der Waals surface area contributed by atoms with E-state index in [0.717, 1.165) is 0 Å². The number of hydrogen-bond donors (Lipinski definition) is 1. The summed E-state index contributed by atoms with van der Waals surface area (Å²) in [6.07, 6.45) is -2.23. The van der Waals surface area contributed by atoms with Crippen LogP contribution >= 0.6 is 0 Å². The lowest BCUT2D eigenvalue weighted by Gasteiger charge is -2.16. The first-order chi connectivity index (χ1) is 11.3. The van der Waals surface area contributed by atoms with Crippen molar-refractivity contribution in [3.8, 4) is 5.75 Å². The van der Waals surface area contributed by atoms with Crippen LogP contribution < -0.4 is 9.46 Å². The summed E-state index contributed by atoms with van der Waals surface area (Å²) in [5, 5.41) is 0. The van der Waals surface area contributed by atoms with Gasteiger partial charge in [-0.2, -0.15) is 0 Å². The summed E-state index contributed by atoms with van der Waals surface area (Å²) >= 11 is 0. The van der Waals surface area contributed by atoms with Gasteiger partial charge in [0, 0.05) is 13.2 Å². The molecule has 0 saturated heterocycles. The highest BCUT2D eigenvalue weighted by molar-refractivity contribution is 7.89. The van der Waals surface area contributed by atoms with Gasteiger partial charge in [0.25, 0.3) is 6.43 Å². The summed E-state index contributed by atoms with van der Waals surface area (Å²) in [7, 11) is -2.00. The highest BCUT2D eigenvalue weighted by Gasteiger charge is 2.16. The predicted octanol–water partition coefficient (Wildman–Crippen LogP) is 2.32. The first-order valence-corrected chi connectivity index (χ1v) is 9.07. The average Bonchev–Trinajstić information content (AvgIpc) is 2.52. The minimum Gasteiger partial charge on any atom is -0.488 e. The fraction of sp³-hybridized carbons (Fsp3) is 0.600. The maximum Gasteiger partial charge on any atom is 0.272 e. The molecule has 0 radical (unpaired) electrons. The zero-order valence-corrected chi connectivity index (χ0v) is 14.5. The highest BCUT2D eigenvalue weighted by Crippen LogP contribution is 2.20. The molecule has 0 aliphatic carbocycles. The van der Waals surface area contributed by atoms with Gasteiger partial charge < -0.3 is 14.2 Å². The quantitative estimate of drug-likeness (QED) is 0.453. The van der Waals surface area contributed by atoms with Gasteiger partial charge in [-0.3, -0.25) is 0 Å². The van der Waals surface area contributed by atoms with Gasteiger partial charge in [0.05, 0.1) is 12.4 Å². The van der Waals surface area contributed by atoms with Crippen molar-refractivity contribution in [1.82, 2.24) is 4.72 Å². The number of nitrogens with one attached hydrogen (secondary N) is 1. The van der Waals surface area contributed by atoms with Crippen LogP contribution in [-0.2, 0) is 19.5 Å². The molecule has 1 N–H and O–H groups in total. The van der Waals surface area contributed by atoms with Crippen molar-refractivity contribution < 1.29 is 31.4 Å². The number of methoxy groups -OCH3 is 1. The Labute approximate surface area is 141 Å². The molecule has 0 aliphatic heterocycles. The highest BCUT2D eigenvalue weighted by atomic mass is 32.2. The number of alkyl halides is 2. The summed E-state index contributed by atoms with van der Waals surface area (Å²) in [6, 6.07) is 5.89. The minimum absolute atomic E-state index is 0.0807. The fourth-order valence-electron chi connectivity index (χ4n) is 1.92. The third kappa shape index (κ3) is 8.53. The van der Waals surface area contributed by atoms with E-state index in [1.54, 1.807) is 25.1 Å². The Morgan fingerprint density at radius 1 is 1.29 bits per heavy atom. The molecule has 1 aromatic carbocycles. The zero-order valence-electron chi connectivity index (χ0n) is 13.7. The topological polar surface area (TPSA) is 73.9 Å². The van der Waals surface area contributed by atoms with Gasteiger partial charge in [0.1, 0.15) is 19.1 Å². The Kier molecular flexibility index (Phi) is 9.12. The van der Waals surface area contributed by atoms with Crippen LogP contribution in [0.3, 0.4) is 0 Å². The number of hydrogen-bond acceptors (Lipinski definition) is 5. The Morgan fingerprint density at radius 3 is 2.71 bits per heavy atom. The molecule has 0 fully saturated rings. The van der Waals surface area contributed by atoms with Gasteiger partial charge in [0.2, 0.25) is 10.0 Å². The normalized spacial score (nSPS) is 13.2. The molecule has 0 aromatic heterocycles. The second-order valence-electron chi connectivity index (χ2n) is 5.10. The molecule has 0 unspecified atom stereocenters. The first-order valence-electron chi connectivity index (χ1n) is 7.41. The number of benzene rings is 1. The van der Waals surface area contributed by atoms with Crippen LogP contribution in [0.5, 0.6) is 5.75 Å². The molecule has 0 bridgehead atoms. The summed E-state index contributed by atoms with van der Waals surface area (Å²) < 4.78 is 65.6. The standard InChI is InChI=1S/C15H23F2NO5S/c1-12(18-24(19,20)8-4-7-22-11-21-2)13-5-3-6-14(9-13)23-10-15(16)17/h3,5-6,9,12,15,18H,4,7-8,10-11H2,1-2H3/t12-/m1/s1. The van der Waals surface area contributed by atoms with E-state index in [-0.39, 0.29) is 24.9 Å². The van der Waals surface area contributed by atoms with Gasteiger partial charge in [-0.05, 0) is 31.0 Å². The third-order valence-electron chi connectivity index (χ3n) is 2.99. The number of sulfonamides is 1. The van der Waals surface area contributed by atoms with E-state index in [1.807, 2.05) is 0 Å². The maximum atomic E-state index is 12.2. The maximum absolute atomic E-state index is 12.2. The molecule has 24 heavy (non-hydrogen) atoms. The van der Waals surface area contributed by atoms with Gasteiger partial charge in [-0.15, -0.1) is 0 Å². The lowest BCUT2D eigenvalue weighted by atomic mass is 10.1. The lowest BCUT2D eigenvalue weighted by Crippen LogP contribution is -2.29. The smallest absolute Gasteiger partial charge is 0.272 e. The largest absolute Gasteiger partial charge is 0.488 e. The Bertz CT molecular complexity index is 583. The fourth-order valence-corrected chi connectivity index (χ4v) is 3.21. The van der Waals surface area contributed by atoms with Gasteiger partial charge in [-0.25, -0.2) is 21.9 Å². The summed E-state index contributed by atoms with van der Waals surface area (Å²) in [5.41, 5.74) is 0.626. The summed E-state index contributed by atoms with van der Waals surface area (Å²) in [5.74, 6) is 0.189. The molecular formula is C15H23F2NO5S. The van der Waals surface area contributed by atoms with Crippen LogP contribution in [-0.4, -0.2) is 47.7 Å². The molecule has 0 heterocycles. The lowest BCUT2D eigenvalue weighted by molar-refractivity contribution is -0.0298. The molecule has 1 atom stereocenters. The third-order valence-corrected chi connectivity index (χ3v) is 4.53. The predicted molar refractivity (Wildman–Crippen MR) is 85.7 cm³/mol. The number of rotatable bonds is 12. The second-order valence-corrected chi connectivity index (χ2v) is 6.97. The molecule has 1 rings (SSSR count). The van der Waals surface area contributed by atoms with E-state index in [4.69, 9.17) is 14.2 Å². The van der Waals surface area contributed by atoms with E-state index < -0.39 is 29.1 Å². The van der Waals surface area contributed by atoms with Crippen molar-refractivity contribution >= 4 is 10.0 Å². The number of ether oxygens (including phenoxy) is 3. The average molecular weight is 367 g/mol. The molecular weight excluding hydrogens is 344 g/mol. The summed E-state index contributed by atoms with van der Waals surface area (Å²) in [4.78, 5) is 0.